The summed E-state index contributed by atoms with van der Waals surface area (Å²) in [7, 11) is 0. The first-order valence-corrected chi connectivity index (χ1v) is 9.77. The molecule has 0 saturated heterocycles. The SMILES string of the molecule is CCCc1ccc(O)c(C=NCCCN=Cc2cc(CCC)ccc2O)c1. The quantitative estimate of drug-likeness (QED) is 0.462. The van der Waals surface area contributed by atoms with Gasteiger partial charge < -0.3 is 10.2 Å². The summed E-state index contributed by atoms with van der Waals surface area (Å²) in [6.07, 6.45) is 8.45. The van der Waals surface area contributed by atoms with Crippen LogP contribution in [0.5, 0.6) is 11.5 Å². The van der Waals surface area contributed by atoms with Crippen LogP contribution in [0.25, 0.3) is 0 Å². The molecule has 144 valence electrons. The van der Waals surface area contributed by atoms with Gasteiger partial charge in [0, 0.05) is 36.6 Å². The van der Waals surface area contributed by atoms with Crippen LogP contribution in [-0.4, -0.2) is 35.7 Å². The van der Waals surface area contributed by atoms with E-state index in [0.717, 1.165) is 43.2 Å². The molecule has 0 unspecified atom stereocenters. The molecule has 0 radical (unpaired) electrons. The fourth-order valence-corrected chi connectivity index (χ4v) is 2.88. The van der Waals surface area contributed by atoms with Gasteiger partial charge in [0.1, 0.15) is 11.5 Å². The summed E-state index contributed by atoms with van der Waals surface area (Å²) in [6, 6.07) is 11.4. The molecule has 0 aliphatic rings. The summed E-state index contributed by atoms with van der Waals surface area (Å²) in [5.41, 5.74) is 3.96. The molecule has 0 aromatic heterocycles. The van der Waals surface area contributed by atoms with Crippen LogP contribution < -0.4 is 0 Å². The summed E-state index contributed by atoms with van der Waals surface area (Å²) < 4.78 is 0. The minimum atomic E-state index is 0.263. The third kappa shape index (κ3) is 6.89. The smallest absolute Gasteiger partial charge is 0.124 e. The first kappa shape index (κ1) is 20.7. The predicted molar refractivity (Wildman–Crippen MR) is 114 cm³/mol. The van der Waals surface area contributed by atoms with Crippen LogP contribution in [0, 0.1) is 0 Å². The van der Waals surface area contributed by atoms with Gasteiger partial charge in [-0.3, -0.25) is 9.98 Å². The van der Waals surface area contributed by atoms with E-state index in [0.29, 0.717) is 13.1 Å². The average Bonchev–Trinajstić information content (AvgIpc) is 2.66. The number of hydrogen-bond acceptors (Lipinski definition) is 4. The maximum absolute atomic E-state index is 9.92. The van der Waals surface area contributed by atoms with Gasteiger partial charge in [-0.15, -0.1) is 0 Å². The zero-order valence-electron chi connectivity index (χ0n) is 16.4. The molecule has 2 N–H and O–H groups in total. The molecule has 2 aromatic rings. The number of nitrogens with zero attached hydrogens (tertiary/aromatic N) is 2. The highest BCUT2D eigenvalue weighted by molar-refractivity contribution is 5.84. The van der Waals surface area contributed by atoms with E-state index in [-0.39, 0.29) is 11.5 Å². The lowest BCUT2D eigenvalue weighted by molar-refractivity contribution is 0.473. The van der Waals surface area contributed by atoms with E-state index in [9.17, 15) is 10.2 Å². The van der Waals surface area contributed by atoms with Gasteiger partial charge in [-0.25, -0.2) is 0 Å². The molecule has 2 aromatic carbocycles. The van der Waals surface area contributed by atoms with Crippen molar-refractivity contribution >= 4 is 12.4 Å². The second kappa shape index (κ2) is 11.2. The van der Waals surface area contributed by atoms with Crippen molar-refractivity contribution in [2.24, 2.45) is 9.98 Å². The largest absolute Gasteiger partial charge is 0.507 e. The van der Waals surface area contributed by atoms with Crippen LogP contribution in [0.1, 0.15) is 55.4 Å². The highest BCUT2D eigenvalue weighted by Crippen LogP contribution is 2.18. The van der Waals surface area contributed by atoms with E-state index < -0.39 is 0 Å². The predicted octanol–water partition coefficient (Wildman–Crippen LogP) is 4.93. The summed E-state index contributed by atoms with van der Waals surface area (Å²) in [4.78, 5) is 8.79. The Kier molecular flexibility index (Phi) is 8.56. The van der Waals surface area contributed by atoms with E-state index >= 15 is 0 Å². The molecule has 2 rings (SSSR count). The fourth-order valence-electron chi connectivity index (χ4n) is 2.88. The standard InChI is InChI=1S/C23H30N2O2/c1-3-6-18-8-10-22(26)20(14-18)16-24-12-5-13-25-17-21-15-19(7-4-2)9-11-23(21)27/h8-11,14-17,26-27H,3-7,12-13H2,1-2H3. The van der Waals surface area contributed by atoms with Gasteiger partial charge in [-0.2, -0.15) is 0 Å². The molecule has 0 spiro atoms. The number of aromatic hydroxyl groups is 2. The Balaban J connectivity index is 1.82. The Morgan fingerprint density at radius 1 is 0.741 bits per heavy atom. The summed E-state index contributed by atoms with van der Waals surface area (Å²) in [6.45, 7) is 5.58. The summed E-state index contributed by atoms with van der Waals surface area (Å²) in [5.74, 6) is 0.526. The second-order valence-electron chi connectivity index (χ2n) is 6.71. The van der Waals surface area contributed by atoms with Crippen molar-refractivity contribution in [3.05, 3.63) is 58.7 Å². The topological polar surface area (TPSA) is 65.2 Å². The number of aryl methyl sites for hydroxylation is 2. The van der Waals surface area contributed by atoms with Gasteiger partial charge in [0.25, 0.3) is 0 Å². The molecule has 0 saturated carbocycles. The molecular weight excluding hydrogens is 336 g/mol. The van der Waals surface area contributed by atoms with Gasteiger partial charge in [0.2, 0.25) is 0 Å². The minimum absolute atomic E-state index is 0.263. The van der Waals surface area contributed by atoms with E-state index in [2.05, 4.69) is 23.8 Å². The molecule has 0 fully saturated rings. The van der Waals surface area contributed by atoms with Gasteiger partial charge in [0.15, 0.2) is 0 Å². The Morgan fingerprint density at radius 2 is 1.19 bits per heavy atom. The first-order chi connectivity index (χ1) is 13.1. The van der Waals surface area contributed by atoms with Crippen LogP contribution in [0.3, 0.4) is 0 Å². The number of hydrogen-bond donors (Lipinski definition) is 2. The Hall–Kier alpha value is -2.62. The average molecular weight is 367 g/mol. The Bertz CT molecular complexity index is 716. The van der Waals surface area contributed by atoms with E-state index in [1.165, 1.54) is 11.1 Å². The van der Waals surface area contributed by atoms with Crippen LogP contribution in [0.2, 0.25) is 0 Å². The van der Waals surface area contributed by atoms with Crippen LogP contribution in [0.4, 0.5) is 0 Å². The van der Waals surface area contributed by atoms with Crippen molar-refractivity contribution in [3.8, 4) is 11.5 Å². The molecular formula is C23H30N2O2. The number of phenols is 2. The normalized spacial score (nSPS) is 11.6. The fraction of sp³-hybridized carbons (Fsp3) is 0.391. The van der Waals surface area contributed by atoms with E-state index in [1.807, 2.05) is 24.3 Å². The first-order valence-electron chi connectivity index (χ1n) is 9.77. The molecule has 0 aliphatic heterocycles. The summed E-state index contributed by atoms with van der Waals surface area (Å²) in [5, 5.41) is 19.8. The Morgan fingerprint density at radius 3 is 1.59 bits per heavy atom. The van der Waals surface area contributed by atoms with Crippen molar-refractivity contribution in [1.29, 1.82) is 0 Å². The minimum Gasteiger partial charge on any atom is -0.507 e. The molecule has 0 aliphatic carbocycles. The molecule has 4 nitrogen and oxygen atoms in total. The van der Waals surface area contributed by atoms with Crippen molar-refractivity contribution in [3.63, 3.8) is 0 Å². The highest BCUT2D eigenvalue weighted by Gasteiger charge is 2.01. The van der Waals surface area contributed by atoms with Crippen molar-refractivity contribution < 1.29 is 10.2 Å². The zero-order chi connectivity index (χ0) is 19.5. The molecule has 27 heavy (non-hydrogen) atoms. The number of rotatable bonds is 10. The maximum atomic E-state index is 9.92. The lowest BCUT2D eigenvalue weighted by atomic mass is 10.1. The Labute approximate surface area is 162 Å². The molecule has 4 heteroatoms. The van der Waals surface area contributed by atoms with E-state index in [4.69, 9.17) is 0 Å². The van der Waals surface area contributed by atoms with Gasteiger partial charge in [-0.1, -0.05) is 38.8 Å². The lowest BCUT2D eigenvalue weighted by Crippen LogP contribution is -1.92. The van der Waals surface area contributed by atoms with Gasteiger partial charge in [-0.05, 0) is 54.7 Å². The third-order valence-corrected chi connectivity index (χ3v) is 4.30. The van der Waals surface area contributed by atoms with Crippen LogP contribution >= 0.6 is 0 Å². The maximum Gasteiger partial charge on any atom is 0.124 e. The van der Waals surface area contributed by atoms with Crippen LogP contribution in [0.15, 0.2) is 46.4 Å². The molecule has 0 heterocycles. The summed E-state index contributed by atoms with van der Waals surface area (Å²) >= 11 is 0. The van der Waals surface area contributed by atoms with Crippen LogP contribution in [-0.2, 0) is 12.8 Å². The van der Waals surface area contributed by atoms with Crippen molar-refractivity contribution in [2.75, 3.05) is 13.1 Å². The van der Waals surface area contributed by atoms with Gasteiger partial charge >= 0.3 is 0 Å². The highest BCUT2D eigenvalue weighted by atomic mass is 16.3. The number of aliphatic imine (C=N–C) groups is 2. The van der Waals surface area contributed by atoms with Crippen molar-refractivity contribution in [1.82, 2.24) is 0 Å². The second-order valence-corrected chi connectivity index (χ2v) is 6.71. The number of benzene rings is 2. The third-order valence-electron chi connectivity index (χ3n) is 4.30. The van der Waals surface area contributed by atoms with Gasteiger partial charge in [0.05, 0.1) is 0 Å². The monoisotopic (exact) mass is 366 g/mol. The van der Waals surface area contributed by atoms with Crippen molar-refractivity contribution in [2.45, 2.75) is 46.0 Å². The zero-order valence-corrected chi connectivity index (χ0v) is 16.4. The molecule has 0 amide bonds. The lowest BCUT2D eigenvalue weighted by Gasteiger charge is -2.03. The van der Waals surface area contributed by atoms with E-state index in [1.54, 1.807) is 24.6 Å². The molecule has 0 bridgehead atoms. The molecule has 0 atom stereocenters. The number of phenolic OH excluding ortho intramolecular Hbond substituents is 2.